The van der Waals surface area contributed by atoms with E-state index < -0.39 is 0 Å². The fraction of sp³-hybridized carbons (Fsp3) is 0.800. The summed E-state index contributed by atoms with van der Waals surface area (Å²) in [7, 11) is 5.89. The Morgan fingerprint density at radius 2 is 2.23 bits per heavy atom. The predicted octanol–water partition coefficient (Wildman–Crippen LogP) is 1.41. The van der Waals surface area contributed by atoms with Gasteiger partial charge < -0.3 is 10.6 Å². The van der Waals surface area contributed by atoms with Gasteiger partial charge in [0, 0.05) is 30.4 Å². The molecule has 1 rings (SSSR count). The molecule has 72 valence electrons. The minimum absolute atomic E-state index is 0.153. The number of hydrogen-bond donors (Lipinski definition) is 2. The number of rotatable bonds is 3. The summed E-state index contributed by atoms with van der Waals surface area (Å²) in [5.74, 6) is 0. The maximum atomic E-state index is 5.89. The van der Waals surface area contributed by atoms with Crippen LogP contribution in [0.5, 0.6) is 0 Å². The Hall–Kier alpha value is -0.595. The smallest absolute Gasteiger partial charge is 0.0762 e. The van der Waals surface area contributed by atoms with Crippen LogP contribution in [0.3, 0.4) is 0 Å². The fourth-order valence-electron chi connectivity index (χ4n) is 1.31. The Morgan fingerprint density at radius 3 is 2.62 bits per heavy atom. The highest BCUT2D eigenvalue weighted by Crippen LogP contribution is 2.28. The molecule has 0 unspecified atom stereocenters. The van der Waals surface area contributed by atoms with Gasteiger partial charge in [-0.25, -0.2) is 0 Å². The van der Waals surface area contributed by atoms with Gasteiger partial charge in [0.25, 0.3) is 0 Å². The van der Waals surface area contributed by atoms with Gasteiger partial charge in [-0.1, -0.05) is 33.0 Å². The maximum Gasteiger partial charge on any atom is 0.0762 e. The van der Waals surface area contributed by atoms with Crippen LogP contribution in [0.4, 0.5) is 0 Å². The molecule has 0 aromatic rings. The van der Waals surface area contributed by atoms with E-state index in [9.17, 15) is 0 Å². The van der Waals surface area contributed by atoms with Gasteiger partial charge in [-0.15, -0.1) is 0 Å². The van der Waals surface area contributed by atoms with E-state index in [1.165, 1.54) is 5.70 Å². The second kappa shape index (κ2) is 3.28. The molecule has 0 amide bonds. The number of hydrogen-bond acceptors (Lipinski definition) is 2. The number of nitrogens with one attached hydrogen (secondary N) is 2. The maximum absolute atomic E-state index is 5.89. The summed E-state index contributed by atoms with van der Waals surface area (Å²) in [4.78, 5) is 0. The SMILES string of the molecule is [B]C(C)(C)CNC1=CNCC1(C)C. The topological polar surface area (TPSA) is 24.1 Å². The molecule has 0 fully saturated rings. The molecule has 1 aliphatic heterocycles. The first-order chi connectivity index (χ1) is 5.81. The third kappa shape index (κ3) is 2.98. The third-order valence-corrected chi connectivity index (χ3v) is 2.25. The minimum Gasteiger partial charge on any atom is -0.389 e. The van der Waals surface area contributed by atoms with Crippen LogP contribution in [0.1, 0.15) is 27.7 Å². The lowest BCUT2D eigenvalue weighted by Gasteiger charge is -2.26. The summed E-state index contributed by atoms with van der Waals surface area (Å²) in [5.41, 5.74) is 1.47. The van der Waals surface area contributed by atoms with Gasteiger partial charge in [0.05, 0.1) is 7.85 Å². The van der Waals surface area contributed by atoms with Crippen molar-refractivity contribution in [2.24, 2.45) is 5.41 Å². The Kier molecular flexibility index (Phi) is 2.64. The van der Waals surface area contributed by atoms with Crippen LogP contribution in [0.25, 0.3) is 0 Å². The van der Waals surface area contributed by atoms with E-state index in [4.69, 9.17) is 7.85 Å². The first-order valence-electron chi connectivity index (χ1n) is 4.78. The van der Waals surface area contributed by atoms with Crippen LogP contribution in [0.15, 0.2) is 11.9 Å². The molecule has 1 aliphatic rings. The molecule has 2 N–H and O–H groups in total. The normalized spacial score (nSPS) is 20.8. The molecule has 0 aliphatic carbocycles. The summed E-state index contributed by atoms with van der Waals surface area (Å²) in [6.45, 7) is 10.3. The van der Waals surface area contributed by atoms with Gasteiger partial charge in [-0.05, 0) is 0 Å². The van der Waals surface area contributed by atoms with E-state index in [-0.39, 0.29) is 10.7 Å². The quantitative estimate of drug-likeness (QED) is 0.638. The van der Waals surface area contributed by atoms with Crippen molar-refractivity contribution >= 4 is 7.85 Å². The summed E-state index contributed by atoms with van der Waals surface area (Å²) in [5, 5.41) is 6.47. The zero-order valence-electron chi connectivity index (χ0n) is 9.07. The van der Waals surface area contributed by atoms with Crippen molar-refractivity contribution in [1.29, 1.82) is 0 Å². The van der Waals surface area contributed by atoms with Gasteiger partial charge in [-0.2, -0.15) is 0 Å². The average Bonchev–Trinajstić information content (AvgIpc) is 2.23. The highest BCUT2D eigenvalue weighted by molar-refractivity contribution is 6.14. The van der Waals surface area contributed by atoms with Crippen molar-refractivity contribution in [2.75, 3.05) is 13.1 Å². The Morgan fingerprint density at radius 1 is 1.62 bits per heavy atom. The molecule has 0 aromatic carbocycles. The second-order valence-corrected chi connectivity index (χ2v) is 5.16. The molecule has 0 aromatic heterocycles. The summed E-state index contributed by atoms with van der Waals surface area (Å²) >= 11 is 0. The third-order valence-electron chi connectivity index (χ3n) is 2.25. The molecule has 0 atom stereocenters. The highest BCUT2D eigenvalue weighted by atomic mass is 15.0. The van der Waals surface area contributed by atoms with Crippen molar-refractivity contribution in [1.82, 2.24) is 10.6 Å². The van der Waals surface area contributed by atoms with Crippen LogP contribution in [0, 0.1) is 5.41 Å². The van der Waals surface area contributed by atoms with Crippen LogP contribution in [-0.2, 0) is 0 Å². The van der Waals surface area contributed by atoms with Crippen LogP contribution < -0.4 is 10.6 Å². The standard InChI is InChI=1S/C10H19BN2/c1-9(2)6-12-5-8(9)13-7-10(3,4)11/h5,12-13H,6-7H2,1-4H3. The Bertz CT molecular complexity index is 213. The van der Waals surface area contributed by atoms with Crippen molar-refractivity contribution < 1.29 is 0 Å². The van der Waals surface area contributed by atoms with Crippen LogP contribution >= 0.6 is 0 Å². The first kappa shape index (κ1) is 10.5. The van der Waals surface area contributed by atoms with E-state index in [1.54, 1.807) is 0 Å². The first-order valence-corrected chi connectivity index (χ1v) is 4.78. The molecule has 0 bridgehead atoms. The molecule has 3 heteroatoms. The molecule has 0 saturated carbocycles. The zero-order valence-corrected chi connectivity index (χ0v) is 9.07. The van der Waals surface area contributed by atoms with Gasteiger partial charge in [0.1, 0.15) is 0 Å². The van der Waals surface area contributed by atoms with Crippen LogP contribution in [0.2, 0.25) is 5.31 Å². The lowest BCUT2D eigenvalue weighted by molar-refractivity contribution is 0.429. The zero-order chi connectivity index (χ0) is 10.1. The summed E-state index contributed by atoms with van der Waals surface area (Å²) in [6.07, 6.45) is 2.05. The van der Waals surface area contributed by atoms with Crippen molar-refractivity contribution in [3.63, 3.8) is 0 Å². The molecule has 0 saturated heterocycles. The minimum atomic E-state index is -0.153. The van der Waals surface area contributed by atoms with E-state index in [0.29, 0.717) is 0 Å². The highest BCUT2D eigenvalue weighted by Gasteiger charge is 2.27. The second-order valence-electron chi connectivity index (χ2n) is 5.16. The Balaban J connectivity index is 2.47. The molecule has 2 radical (unpaired) electrons. The molecule has 13 heavy (non-hydrogen) atoms. The predicted molar refractivity (Wildman–Crippen MR) is 57.7 cm³/mol. The van der Waals surface area contributed by atoms with Gasteiger partial charge in [0.15, 0.2) is 0 Å². The van der Waals surface area contributed by atoms with Crippen molar-refractivity contribution in [3.8, 4) is 0 Å². The van der Waals surface area contributed by atoms with Gasteiger partial charge >= 0.3 is 0 Å². The Labute approximate surface area is 82.6 Å². The molecular formula is C10H19BN2. The largest absolute Gasteiger partial charge is 0.389 e. The monoisotopic (exact) mass is 178 g/mol. The van der Waals surface area contributed by atoms with E-state index >= 15 is 0 Å². The molecule has 2 nitrogen and oxygen atoms in total. The van der Waals surface area contributed by atoms with E-state index in [1.807, 2.05) is 20.0 Å². The molecule has 0 spiro atoms. The average molecular weight is 178 g/mol. The summed E-state index contributed by atoms with van der Waals surface area (Å²) < 4.78 is 0. The van der Waals surface area contributed by atoms with Gasteiger partial charge in [-0.3, -0.25) is 0 Å². The van der Waals surface area contributed by atoms with Gasteiger partial charge in [0.2, 0.25) is 0 Å². The summed E-state index contributed by atoms with van der Waals surface area (Å²) in [6, 6.07) is 0. The molecular weight excluding hydrogens is 159 g/mol. The fourth-order valence-corrected chi connectivity index (χ4v) is 1.31. The van der Waals surface area contributed by atoms with Crippen molar-refractivity contribution in [2.45, 2.75) is 33.0 Å². The lowest BCUT2D eigenvalue weighted by Crippen LogP contribution is -2.31. The lowest BCUT2D eigenvalue weighted by atomic mass is 9.72. The van der Waals surface area contributed by atoms with Crippen molar-refractivity contribution in [3.05, 3.63) is 11.9 Å². The van der Waals surface area contributed by atoms with Crippen LogP contribution in [-0.4, -0.2) is 20.9 Å². The molecule has 1 heterocycles. The van der Waals surface area contributed by atoms with E-state index in [0.717, 1.165) is 13.1 Å². The van der Waals surface area contributed by atoms with E-state index in [2.05, 4.69) is 24.5 Å².